The topological polar surface area (TPSA) is 32.3 Å². The van der Waals surface area contributed by atoms with Crippen molar-refractivity contribution in [3.8, 4) is 0 Å². The van der Waals surface area contributed by atoms with Gasteiger partial charge in [-0.2, -0.15) is 0 Å². The second kappa shape index (κ2) is 8.12. The van der Waals surface area contributed by atoms with Gasteiger partial charge in [-0.15, -0.1) is 0 Å². The quantitative estimate of drug-likeness (QED) is 0.608. The summed E-state index contributed by atoms with van der Waals surface area (Å²) in [6, 6.07) is 0.389. The van der Waals surface area contributed by atoms with Crippen molar-refractivity contribution in [2.75, 3.05) is 6.54 Å². The molecule has 1 aliphatic rings. The summed E-state index contributed by atoms with van der Waals surface area (Å²) in [7, 11) is 0. The van der Waals surface area contributed by atoms with Crippen LogP contribution in [0.1, 0.15) is 64.7 Å². The molecule has 0 spiro atoms. The molecular formula is C13H27NO. The summed E-state index contributed by atoms with van der Waals surface area (Å²) < 4.78 is 0. The van der Waals surface area contributed by atoms with E-state index in [0.29, 0.717) is 6.04 Å². The number of hydrogen-bond donors (Lipinski definition) is 2. The first-order valence-corrected chi connectivity index (χ1v) is 6.76. The molecule has 0 saturated carbocycles. The molecule has 1 rings (SSSR count). The van der Waals surface area contributed by atoms with Crippen LogP contribution in [0.15, 0.2) is 0 Å². The molecule has 0 aliphatic carbocycles. The fourth-order valence-electron chi connectivity index (χ4n) is 2.37. The molecule has 0 bridgehead atoms. The highest BCUT2D eigenvalue weighted by molar-refractivity contribution is 4.80. The minimum atomic E-state index is -0.0984. The van der Waals surface area contributed by atoms with Crippen molar-refractivity contribution in [3.63, 3.8) is 0 Å². The summed E-state index contributed by atoms with van der Waals surface area (Å²) >= 11 is 0. The number of unbranched alkanes of at least 4 members (excludes halogenated alkanes) is 5. The summed E-state index contributed by atoms with van der Waals surface area (Å²) in [5.41, 5.74) is 0. The molecule has 1 fully saturated rings. The molecule has 0 aromatic rings. The van der Waals surface area contributed by atoms with Crippen LogP contribution >= 0.6 is 0 Å². The predicted molar refractivity (Wildman–Crippen MR) is 65.0 cm³/mol. The van der Waals surface area contributed by atoms with Gasteiger partial charge in [0.2, 0.25) is 0 Å². The lowest BCUT2D eigenvalue weighted by Gasteiger charge is -2.17. The highest BCUT2D eigenvalue weighted by atomic mass is 16.3. The monoisotopic (exact) mass is 213 g/mol. The molecule has 0 aromatic carbocycles. The SMILES string of the molecule is CCCCCCCCC(O)C1CCCN1. The average molecular weight is 213 g/mol. The molecule has 15 heavy (non-hydrogen) atoms. The van der Waals surface area contributed by atoms with E-state index in [1.807, 2.05) is 0 Å². The highest BCUT2D eigenvalue weighted by Gasteiger charge is 2.21. The van der Waals surface area contributed by atoms with E-state index >= 15 is 0 Å². The smallest absolute Gasteiger partial charge is 0.0693 e. The maximum Gasteiger partial charge on any atom is 0.0693 e. The standard InChI is InChI=1S/C13H27NO/c1-2-3-4-5-6-7-10-13(15)12-9-8-11-14-12/h12-15H,2-11H2,1H3. The molecule has 0 amide bonds. The Morgan fingerprint density at radius 1 is 1.20 bits per heavy atom. The van der Waals surface area contributed by atoms with Gasteiger partial charge in [-0.05, 0) is 25.8 Å². The normalized spacial score (nSPS) is 23.2. The first kappa shape index (κ1) is 13.0. The van der Waals surface area contributed by atoms with Crippen molar-refractivity contribution in [3.05, 3.63) is 0 Å². The van der Waals surface area contributed by atoms with Gasteiger partial charge >= 0.3 is 0 Å². The molecule has 1 heterocycles. The van der Waals surface area contributed by atoms with Gasteiger partial charge in [0, 0.05) is 6.04 Å². The highest BCUT2D eigenvalue weighted by Crippen LogP contribution is 2.15. The Balaban J connectivity index is 1.90. The average Bonchev–Trinajstić information content (AvgIpc) is 2.76. The van der Waals surface area contributed by atoms with Gasteiger partial charge in [0.1, 0.15) is 0 Å². The van der Waals surface area contributed by atoms with Gasteiger partial charge in [0.25, 0.3) is 0 Å². The van der Waals surface area contributed by atoms with Crippen LogP contribution < -0.4 is 5.32 Å². The van der Waals surface area contributed by atoms with E-state index in [9.17, 15) is 5.11 Å². The van der Waals surface area contributed by atoms with Crippen molar-refractivity contribution in [2.24, 2.45) is 0 Å². The van der Waals surface area contributed by atoms with Gasteiger partial charge in [-0.1, -0.05) is 45.4 Å². The van der Waals surface area contributed by atoms with Crippen LogP contribution in [0, 0.1) is 0 Å². The van der Waals surface area contributed by atoms with Crippen LogP contribution in [0.4, 0.5) is 0 Å². The van der Waals surface area contributed by atoms with E-state index in [1.165, 1.54) is 44.9 Å². The number of aliphatic hydroxyl groups excluding tert-OH is 1. The molecule has 2 nitrogen and oxygen atoms in total. The summed E-state index contributed by atoms with van der Waals surface area (Å²) in [6.45, 7) is 3.34. The third kappa shape index (κ3) is 5.53. The minimum absolute atomic E-state index is 0.0984. The van der Waals surface area contributed by atoms with Gasteiger partial charge in [0.05, 0.1) is 6.10 Å². The fourth-order valence-corrected chi connectivity index (χ4v) is 2.37. The lowest BCUT2D eigenvalue weighted by Crippen LogP contribution is -2.34. The van der Waals surface area contributed by atoms with E-state index < -0.39 is 0 Å². The Labute approximate surface area is 94.5 Å². The first-order chi connectivity index (χ1) is 7.34. The van der Waals surface area contributed by atoms with E-state index in [4.69, 9.17) is 0 Å². The molecule has 2 unspecified atom stereocenters. The molecular weight excluding hydrogens is 186 g/mol. The number of rotatable bonds is 8. The summed E-state index contributed by atoms with van der Waals surface area (Å²) in [6.07, 6.45) is 11.2. The Morgan fingerprint density at radius 2 is 1.93 bits per heavy atom. The molecule has 1 aliphatic heterocycles. The van der Waals surface area contributed by atoms with Crippen LogP contribution in [0.2, 0.25) is 0 Å². The minimum Gasteiger partial charge on any atom is -0.392 e. The number of aliphatic hydroxyl groups is 1. The summed E-state index contributed by atoms with van der Waals surface area (Å²) in [5.74, 6) is 0. The number of hydrogen-bond acceptors (Lipinski definition) is 2. The van der Waals surface area contributed by atoms with E-state index in [0.717, 1.165) is 19.4 Å². The predicted octanol–water partition coefficient (Wildman–Crippen LogP) is 2.85. The Kier molecular flexibility index (Phi) is 7.03. The maximum atomic E-state index is 9.89. The molecule has 0 radical (unpaired) electrons. The lowest BCUT2D eigenvalue weighted by molar-refractivity contribution is 0.123. The van der Waals surface area contributed by atoms with Crippen molar-refractivity contribution >= 4 is 0 Å². The summed E-state index contributed by atoms with van der Waals surface area (Å²) in [5, 5.41) is 13.3. The van der Waals surface area contributed by atoms with Crippen molar-refractivity contribution in [1.82, 2.24) is 5.32 Å². The molecule has 1 saturated heterocycles. The van der Waals surface area contributed by atoms with Crippen LogP contribution in [0.3, 0.4) is 0 Å². The Hall–Kier alpha value is -0.0800. The molecule has 2 heteroatoms. The zero-order valence-corrected chi connectivity index (χ0v) is 10.2. The third-order valence-electron chi connectivity index (χ3n) is 3.42. The van der Waals surface area contributed by atoms with Gasteiger partial charge in [-0.25, -0.2) is 0 Å². The van der Waals surface area contributed by atoms with E-state index in [1.54, 1.807) is 0 Å². The first-order valence-electron chi connectivity index (χ1n) is 6.76. The second-order valence-electron chi connectivity index (χ2n) is 4.83. The maximum absolute atomic E-state index is 9.89. The van der Waals surface area contributed by atoms with Crippen LogP contribution in [0.5, 0.6) is 0 Å². The van der Waals surface area contributed by atoms with Crippen molar-refractivity contribution < 1.29 is 5.11 Å². The third-order valence-corrected chi connectivity index (χ3v) is 3.42. The fraction of sp³-hybridized carbons (Fsp3) is 1.00. The van der Waals surface area contributed by atoms with Crippen molar-refractivity contribution in [2.45, 2.75) is 76.9 Å². The van der Waals surface area contributed by atoms with E-state index in [2.05, 4.69) is 12.2 Å². The molecule has 0 aromatic heterocycles. The summed E-state index contributed by atoms with van der Waals surface area (Å²) in [4.78, 5) is 0. The molecule has 2 N–H and O–H groups in total. The molecule has 90 valence electrons. The van der Waals surface area contributed by atoms with Crippen LogP contribution in [0.25, 0.3) is 0 Å². The molecule has 2 atom stereocenters. The number of nitrogens with one attached hydrogen (secondary N) is 1. The zero-order valence-electron chi connectivity index (χ0n) is 10.2. The van der Waals surface area contributed by atoms with Gasteiger partial charge < -0.3 is 10.4 Å². The Morgan fingerprint density at radius 3 is 2.60 bits per heavy atom. The van der Waals surface area contributed by atoms with Crippen LogP contribution in [-0.4, -0.2) is 23.8 Å². The zero-order chi connectivity index (χ0) is 10.9. The lowest BCUT2D eigenvalue weighted by atomic mass is 10.0. The van der Waals surface area contributed by atoms with Crippen LogP contribution in [-0.2, 0) is 0 Å². The second-order valence-corrected chi connectivity index (χ2v) is 4.83. The largest absolute Gasteiger partial charge is 0.392 e. The van der Waals surface area contributed by atoms with Crippen molar-refractivity contribution in [1.29, 1.82) is 0 Å². The van der Waals surface area contributed by atoms with Gasteiger partial charge in [0.15, 0.2) is 0 Å². The van der Waals surface area contributed by atoms with E-state index in [-0.39, 0.29) is 6.10 Å². The Bertz CT molecular complexity index is 143. The van der Waals surface area contributed by atoms with Gasteiger partial charge in [-0.3, -0.25) is 0 Å².